The van der Waals surface area contributed by atoms with Crippen LogP contribution in [0.2, 0.25) is 0 Å². The summed E-state index contributed by atoms with van der Waals surface area (Å²) < 4.78 is 17.7. The maximum atomic E-state index is 5.53. The van der Waals surface area contributed by atoms with Crippen LogP contribution in [0, 0.1) is 6.92 Å². The SMILES string of the molecule is COc1cc(C)c(NCc2cc(Br)c(Br)o2)cc1OC. The van der Waals surface area contributed by atoms with Gasteiger partial charge in [-0.2, -0.15) is 0 Å². The molecule has 0 unspecified atom stereocenters. The Morgan fingerprint density at radius 1 is 1.10 bits per heavy atom. The number of anilines is 1. The topological polar surface area (TPSA) is 43.6 Å². The third-order valence-electron chi connectivity index (χ3n) is 2.88. The van der Waals surface area contributed by atoms with Crippen LogP contribution in [0.3, 0.4) is 0 Å². The van der Waals surface area contributed by atoms with Gasteiger partial charge >= 0.3 is 0 Å². The van der Waals surface area contributed by atoms with Crippen molar-refractivity contribution in [2.45, 2.75) is 13.5 Å². The van der Waals surface area contributed by atoms with Gasteiger partial charge in [-0.05, 0) is 56.5 Å². The molecule has 0 aliphatic rings. The first-order valence-corrected chi connectivity index (χ1v) is 7.54. The van der Waals surface area contributed by atoms with Crippen LogP contribution in [-0.2, 0) is 6.54 Å². The van der Waals surface area contributed by atoms with E-state index in [0.29, 0.717) is 17.0 Å². The van der Waals surface area contributed by atoms with Crippen molar-refractivity contribution in [1.82, 2.24) is 0 Å². The van der Waals surface area contributed by atoms with E-state index in [-0.39, 0.29) is 0 Å². The summed E-state index contributed by atoms with van der Waals surface area (Å²) in [4.78, 5) is 0. The number of aryl methyl sites for hydroxylation is 1. The summed E-state index contributed by atoms with van der Waals surface area (Å²) >= 11 is 6.71. The lowest BCUT2D eigenvalue weighted by Crippen LogP contribution is -2.01. The molecule has 2 aromatic rings. The van der Waals surface area contributed by atoms with E-state index in [9.17, 15) is 0 Å². The van der Waals surface area contributed by atoms with E-state index in [4.69, 9.17) is 13.9 Å². The van der Waals surface area contributed by atoms with Gasteiger partial charge in [0.1, 0.15) is 5.76 Å². The number of furan rings is 1. The molecule has 108 valence electrons. The third-order valence-corrected chi connectivity index (χ3v) is 4.59. The quantitative estimate of drug-likeness (QED) is 0.781. The van der Waals surface area contributed by atoms with Crippen LogP contribution in [0.4, 0.5) is 5.69 Å². The van der Waals surface area contributed by atoms with Gasteiger partial charge in [0, 0.05) is 11.8 Å². The van der Waals surface area contributed by atoms with E-state index >= 15 is 0 Å². The Balaban J connectivity index is 2.16. The van der Waals surface area contributed by atoms with E-state index in [2.05, 4.69) is 37.2 Å². The van der Waals surface area contributed by atoms with Gasteiger partial charge in [-0.25, -0.2) is 0 Å². The first-order chi connectivity index (χ1) is 9.55. The third kappa shape index (κ3) is 3.30. The summed E-state index contributed by atoms with van der Waals surface area (Å²) in [5.74, 6) is 2.25. The molecule has 1 aromatic heterocycles. The van der Waals surface area contributed by atoms with Crippen LogP contribution in [0.1, 0.15) is 11.3 Å². The van der Waals surface area contributed by atoms with E-state index in [1.165, 1.54) is 0 Å². The molecule has 20 heavy (non-hydrogen) atoms. The minimum absolute atomic E-state index is 0.584. The molecule has 2 rings (SSSR count). The second-order valence-electron chi connectivity index (χ2n) is 4.21. The maximum absolute atomic E-state index is 5.53. The number of rotatable bonds is 5. The van der Waals surface area contributed by atoms with Gasteiger partial charge in [0.15, 0.2) is 16.2 Å². The van der Waals surface area contributed by atoms with Gasteiger partial charge in [0.2, 0.25) is 0 Å². The normalized spacial score (nSPS) is 10.4. The molecule has 0 spiro atoms. The molecule has 1 aromatic carbocycles. The molecule has 0 saturated heterocycles. The van der Waals surface area contributed by atoms with Crippen molar-refractivity contribution in [1.29, 1.82) is 0 Å². The lowest BCUT2D eigenvalue weighted by molar-refractivity contribution is 0.355. The second kappa shape index (κ2) is 6.54. The fourth-order valence-corrected chi connectivity index (χ4v) is 2.49. The number of benzene rings is 1. The molecule has 4 nitrogen and oxygen atoms in total. The Bertz CT molecular complexity index is 591. The Hall–Kier alpha value is -1.14. The van der Waals surface area contributed by atoms with Crippen LogP contribution in [0.25, 0.3) is 0 Å². The van der Waals surface area contributed by atoms with Crippen molar-refractivity contribution >= 4 is 37.5 Å². The molecule has 0 aliphatic heterocycles. The van der Waals surface area contributed by atoms with Crippen molar-refractivity contribution in [2.75, 3.05) is 19.5 Å². The number of halogens is 2. The minimum Gasteiger partial charge on any atom is -0.493 e. The summed E-state index contributed by atoms with van der Waals surface area (Å²) in [6.07, 6.45) is 0. The summed E-state index contributed by atoms with van der Waals surface area (Å²) in [6, 6.07) is 5.78. The number of methoxy groups -OCH3 is 2. The fourth-order valence-electron chi connectivity index (χ4n) is 1.83. The van der Waals surface area contributed by atoms with Crippen molar-refractivity contribution in [3.8, 4) is 11.5 Å². The van der Waals surface area contributed by atoms with Crippen LogP contribution in [0.5, 0.6) is 11.5 Å². The molecule has 1 N–H and O–H groups in total. The van der Waals surface area contributed by atoms with Gasteiger partial charge in [-0.3, -0.25) is 0 Å². The standard InChI is InChI=1S/C14H15Br2NO3/c1-8-4-12(18-2)13(19-3)6-11(8)17-7-9-5-10(15)14(16)20-9/h4-6,17H,7H2,1-3H3. The van der Waals surface area contributed by atoms with E-state index in [0.717, 1.165) is 27.2 Å². The van der Waals surface area contributed by atoms with Gasteiger partial charge < -0.3 is 19.2 Å². The van der Waals surface area contributed by atoms with Crippen LogP contribution in [0.15, 0.2) is 31.8 Å². The van der Waals surface area contributed by atoms with E-state index < -0.39 is 0 Å². The Kier molecular flexibility index (Phi) is 4.99. The minimum atomic E-state index is 0.584. The highest BCUT2D eigenvalue weighted by Gasteiger charge is 2.10. The lowest BCUT2D eigenvalue weighted by atomic mass is 10.1. The first-order valence-electron chi connectivity index (χ1n) is 5.95. The van der Waals surface area contributed by atoms with Crippen molar-refractivity contribution in [3.63, 3.8) is 0 Å². The fraction of sp³-hybridized carbons (Fsp3) is 0.286. The molecular formula is C14H15Br2NO3. The molecule has 0 saturated carbocycles. The van der Waals surface area contributed by atoms with E-state index in [1.54, 1.807) is 14.2 Å². The van der Waals surface area contributed by atoms with Crippen molar-refractivity contribution in [2.24, 2.45) is 0 Å². The highest BCUT2D eigenvalue weighted by atomic mass is 79.9. The predicted octanol–water partition coefficient (Wildman–Crippen LogP) is 4.74. The first kappa shape index (κ1) is 15.3. The number of ether oxygens (including phenoxy) is 2. The van der Waals surface area contributed by atoms with E-state index in [1.807, 2.05) is 25.1 Å². The van der Waals surface area contributed by atoms with Crippen molar-refractivity contribution in [3.05, 3.63) is 38.7 Å². The molecular weight excluding hydrogens is 390 g/mol. The second-order valence-corrected chi connectivity index (χ2v) is 5.78. The zero-order valence-corrected chi connectivity index (χ0v) is 14.6. The Morgan fingerprint density at radius 2 is 1.75 bits per heavy atom. The number of nitrogens with one attached hydrogen (secondary N) is 1. The van der Waals surface area contributed by atoms with Gasteiger partial charge in [0.05, 0.1) is 25.2 Å². The number of hydrogen-bond acceptors (Lipinski definition) is 4. The highest BCUT2D eigenvalue weighted by molar-refractivity contribution is 9.13. The predicted molar refractivity (Wildman–Crippen MR) is 85.7 cm³/mol. The largest absolute Gasteiger partial charge is 0.493 e. The molecule has 0 amide bonds. The monoisotopic (exact) mass is 403 g/mol. The summed E-state index contributed by atoms with van der Waals surface area (Å²) in [6.45, 7) is 2.60. The van der Waals surface area contributed by atoms with Gasteiger partial charge in [0.25, 0.3) is 0 Å². The average molecular weight is 405 g/mol. The lowest BCUT2D eigenvalue weighted by Gasteiger charge is -2.13. The zero-order chi connectivity index (χ0) is 14.7. The van der Waals surface area contributed by atoms with Gasteiger partial charge in [-0.1, -0.05) is 0 Å². The Labute approximate surface area is 134 Å². The van der Waals surface area contributed by atoms with Crippen molar-refractivity contribution < 1.29 is 13.9 Å². The summed E-state index contributed by atoms with van der Waals surface area (Å²) in [7, 11) is 3.25. The number of hydrogen-bond donors (Lipinski definition) is 1. The smallest absolute Gasteiger partial charge is 0.183 e. The zero-order valence-electron chi connectivity index (χ0n) is 11.4. The van der Waals surface area contributed by atoms with Crippen LogP contribution in [-0.4, -0.2) is 14.2 Å². The summed E-state index contributed by atoms with van der Waals surface area (Å²) in [5, 5.41) is 3.32. The molecule has 0 radical (unpaired) electrons. The van der Waals surface area contributed by atoms with Crippen LogP contribution >= 0.6 is 31.9 Å². The van der Waals surface area contributed by atoms with Crippen LogP contribution < -0.4 is 14.8 Å². The molecule has 0 bridgehead atoms. The molecule has 6 heteroatoms. The average Bonchev–Trinajstić information content (AvgIpc) is 2.76. The van der Waals surface area contributed by atoms with Gasteiger partial charge in [-0.15, -0.1) is 0 Å². The Morgan fingerprint density at radius 3 is 2.30 bits per heavy atom. The maximum Gasteiger partial charge on any atom is 0.183 e. The molecule has 0 fully saturated rings. The highest BCUT2D eigenvalue weighted by Crippen LogP contribution is 2.33. The molecule has 0 atom stereocenters. The molecule has 1 heterocycles. The molecule has 0 aliphatic carbocycles. The summed E-state index contributed by atoms with van der Waals surface area (Å²) in [5.41, 5.74) is 2.05.